The first-order valence-electron chi connectivity index (χ1n) is 5.70. The van der Waals surface area contributed by atoms with Crippen LogP contribution >= 0.6 is 23.7 Å². The van der Waals surface area contributed by atoms with Crippen molar-refractivity contribution in [3.63, 3.8) is 0 Å². The van der Waals surface area contributed by atoms with Crippen molar-refractivity contribution in [2.24, 2.45) is 0 Å². The molecular formula is C15H10ClF2NS. The molecular weight excluding hydrogens is 300 g/mol. The van der Waals surface area contributed by atoms with Gasteiger partial charge in [0.1, 0.15) is 16.6 Å². The van der Waals surface area contributed by atoms with E-state index in [0.29, 0.717) is 0 Å². The Bertz CT molecular complexity index is 710. The van der Waals surface area contributed by atoms with Gasteiger partial charge in [-0.15, -0.1) is 23.7 Å². The first kappa shape index (κ1) is 14.6. The molecule has 0 fully saturated rings. The summed E-state index contributed by atoms with van der Waals surface area (Å²) in [6.45, 7) is 0. The zero-order valence-electron chi connectivity index (χ0n) is 10.2. The Labute approximate surface area is 125 Å². The highest BCUT2D eigenvalue weighted by Crippen LogP contribution is 2.29. The van der Waals surface area contributed by atoms with Crippen molar-refractivity contribution < 1.29 is 8.78 Å². The highest BCUT2D eigenvalue weighted by molar-refractivity contribution is 7.13. The van der Waals surface area contributed by atoms with Crippen LogP contribution in [0.3, 0.4) is 0 Å². The van der Waals surface area contributed by atoms with Crippen LogP contribution in [-0.2, 0) is 0 Å². The van der Waals surface area contributed by atoms with Gasteiger partial charge in [0.25, 0.3) is 0 Å². The second-order valence-corrected chi connectivity index (χ2v) is 4.91. The second-order valence-electron chi connectivity index (χ2n) is 4.06. The minimum absolute atomic E-state index is 0. The maximum absolute atomic E-state index is 13.2. The van der Waals surface area contributed by atoms with Crippen molar-refractivity contribution in [3.8, 4) is 21.8 Å². The predicted molar refractivity (Wildman–Crippen MR) is 80.2 cm³/mol. The number of hydrogen-bond donors (Lipinski definition) is 0. The first-order valence-corrected chi connectivity index (χ1v) is 6.58. The lowest BCUT2D eigenvalue weighted by Gasteiger charge is -1.97. The molecule has 0 unspecified atom stereocenters. The molecule has 0 N–H and O–H groups in total. The van der Waals surface area contributed by atoms with E-state index >= 15 is 0 Å². The van der Waals surface area contributed by atoms with Crippen molar-refractivity contribution >= 4 is 23.7 Å². The van der Waals surface area contributed by atoms with Crippen LogP contribution < -0.4 is 0 Å². The van der Waals surface area contributed by atoms with Crippen LogP contribution in [0, 0.1) is 11.6 Å². The molecule has 0 spiro atoms. The van der Waals surface area contributed by atoms with E-state index in [1.165, 1.54) is 35.6 Å². The lowest BCUT2D eigenvalue weighted by Crippen LogP contribution is -1.81. The second kappa shape index (κ2) is 6.11. The van der Waals surface area contributed by atoms with Gasteiger partial charge in [0.05, 0.1) is 5.69 Å². The van der Waals surface area contributed by atoms with Crippen molar-refractivity contribution in [3.05, 3.63) is 65.5 Å². The first-order chi connectivity index (χ1) is 9.22. The normalized spacial score (nSPS) is 10.1. The quantitative estimate of drug-likeness (QED) is 0.636. The SMILES string of the molecule is Cl.Fc1ccc(-c2csc(-c3cccc(F)c3)n2)cc1. The number of benzene rings is 2. The van der Waals surface area contributed by atoms with Crippen molar-refractivity contribution in [2.75, 3.05) is 0 Å². The summed E-state index contributed by atoms with van der Waals surface area (Å²) >= 11 is 1.44. The Kier molecular flexibility index (Phi) is 4.47. The van der Waals surface area contributed by atoms with E-state index < -0.39 is 0 Å². The van der Waals surface area contributed by atoms with Crippen LogP contribution in [0.1, 0.15) is 0 Å². The van der Waals surface area contributed by atoms with Crippen molar-refractivity contribution in [2.45, 2.75) is 0 Å². The van der Waals surface area contributed by atoms with Gasteiger partial charge in [0.15, 0.2) is 0 Å². The van der Waals surface area contributed by atoms with Crippen LogP contribution in [0.15, 0.2) is 53.9 Å². The van der Waals surface area contributed by atoms with Gasteiger partial charge in [-0.3, -0.25) is 0 Å². The summed E-state index contributed by atoms with van der Waals surface area (Å²) in [5.74, 6) is -0.555. The third kappa shape index (κ3) is 3.03. The summed E-state index contributed by atoms with van der Waals surface area (Å²) in [5, 5.41) is 2.63. The van der Waals surface area contributed by atoms with Gasteiger partial charge in [-0.25, -0.2) is 13.8 Å². The van der Waals surface area contributed by atoms with Crippen LogP contribution in [0.4, 0.5) is 8.78 Å². The molecule has 0 aliphatic carbocycles. The molecule has 0 atom stereocenters. The van der Waals surface area contributed by atoms with Gasteiger partial charge in [-0.1, -0.05) is 12.1 Å². The molecule has 2 aromatic carbocycles. The monoisotopic (exact) mass is 309 g/mol. The summed E-state index contributed by atoms with van der Waals surface area (Å²) in [7, 11) is 0. The molecule has 102 valence electrons. The maximum atomic E-state index is 13.2. The Balaban J connectivity index is 0.00000147. The fourth-order valence-corrected chi connectivity index (χ4v) is 2.61. The molecule has 0 aliphatic heterocycles. The molecule has 0 bridgehead atoms. The smallest absolute Gasteiger partial charge is 0.124 e. The third-order valence-electron chi connectivity index (χ3n) is 2.72. The molecule has 1 heterocycles. The van der Waals surface area contributed by atoms with Crippen molar-refractivity contribution in [1.29, 1.82) is 0 Å². The Morgan fingerprint density at radius 1 is 0.850 bits per heavy atom. The largest absolute Gasteiger partial charge is 0.236 e. The molecule has 0 saturated carbocycles. The van der Waals surface area contributed by atoms with E-state index in [4.69, 9.17) is 0 Å². The highest BCUT2D eigenvalue weighted by Gasteiger charge is 2.07. The third-order valence-corrected chi connectivity index (χ3v) is 3.61. The van der Waals surface area contributed by atoms with Gasteiger partial charge in [0.2, 0.25) is 0 Å². The van der Waals surface area contributed by atoms with Crippen LogP contribution in [-0.4, -0.2) is 4.98 Å². The lowest BCUT2D eigenvalue weighted by molar-refractivity contribution is 0.627. The number of halogens is 3. The number of aromatic nitrogens is 1. The summed E-state index contributed by atoms with van der Waals surface area (Å²) in [5.41, 5.74) is 2.36. The van der Waals surface area contributed by atoms with E-state index in [-0.39, 0.29) is 24.0 Å². The molecule has 3 aromatic rings. The minimum atomic E-state index is -0.281. The number of rotatable bonds is 2. The molecule has 0 radical (unpaired) electrons. The van der Waals surface area contributed by atoms with Gasteiger partial charge < -0.3 is 0 Å². The summed E-state index contributed by atoms with van der Waals surface area (Å²) < 4.78 is 26.0. The standard InChI is InChI=1S/C15H9F2NS.ClH/c16-12-6-4-10(5-7-12)14-9-19-15(18-14)11-2-1-3-13(17)8-11;/h1-9H;1H. The Morgan fingerprint density at radius 3 is 2.30 bits per heavy atom. The van der Waals surface area contributed by atoms with Gasteiger partial charge in [0, 0.05) is 16.5 Å². The maximum Gasteiger partial charge on any atom is 0.124 e. The Morgan fingerprint density at radius 2 is 1.60 bits per heavy atom. The van der Waals surface area contributed by atoms with E-state index in [9.17, 15) is 8.78 Å². The molecule has 5 heteroatoms. The van der Waals surface area contributed by atoms with Gasteiger partial charge in [-0.05, 0) is 36.4 Å². The van der Waals surface area contributed by atoms with Crippen LogP contribution in [0.2, 0.25) is 0 Å². The summed E-state index contributed by atoms with van der Waals surface area (Å²) in [6, 6.07) is 12.5. The van der Waals surface area contributed by atoms with Gasteiger partial charge in [-0.2, -0.15) is 0 Å². The highest BCUT2D eigenvalue weighted by atomic mass is 35.5. The number of hydrogen-bond acceptors (Lipinski definition) is 2. The van der Waals surface area contributed by atoms with Crippen LogP contribution in [0.5, 0.6) is 0 Å². The zero-order chi connectivity index (χ0) is 13.2. The zero-order valence-corrected chi connectivity index (χ0v) is 11.8. The molecule has 1 nitrogen and oxygen atoms in total. The average Bonchev–Trinajstić information content (AvgIpc) is 2.89. The fraction of sp³-hybridized carbons (Fsp3) is 0. The topological polar surface area (TPSA) is 12.9 Å². The molecule has 20 heavy (non-hydrogen) atoms. The Hall–Kier alpha value is -1.78. The van der Waals surface area contributed by atoms with Crippen molar-refractivity contribution in [1.82, 2.24) is 4.98 Å². The van der Waals surface area contributed by atoms with E-state index in [1.54, 1.807) is 18.2 Å². The molecule has 0 saturated heterocycles. The molecule has 1 aromatic heterocycles. The average molecular weight is 310 g/mol. The summed E-state index contributed by atoms with van der Waals surface area (Å²) in [6.07, 6.45) is 0. The van der Waals surface area contributed by atoms with E-state index in [1.807, 2.05) is 11.4 Å². The lowest BCUT2D eigenvalue weighted by atomic mass is 10.2. The predicted octanol–water partition coefficient (Wildman–Crippen LogP) is 5.18. The fourth-order valence-electron chi connectivity index (χ4n) is 1.78. The van der Waals surface area contributed by atoms with E-state index in [2.05, 4.69) is 4.98 Å². The molecule has 0 aliphatic rings. The minimum Gasteiger partial charge on any atom is -0.236 e. The number of nitrogens with zero attached hydrogens (tertiary/aromatic N) is 1. The summed E-state index contributed by atoms with van der Waals surface area (Å²) in [4.78, 5) is 4.45. The molecule has 3 rings (SSSR count). The van der Waals surface area contributed by atoms with E-state index in [0.717, 1.165) is 21.8 Å². The molecule has 0 amide bonds. The van der Waals surface area contributed by atoms with Crippen LogP contribution in [0.25, 0.3) is 21.8 Å². The number of thiazole rings is 1. The van der Waals surface area contributed by atoms with Gasteiger partial charge >= 0.3 is 0 Å².